The monoisotopic (exact) mass is 199 g/mol. The van der Waals surface area contributed by atoms with Crippen molar-refractivity contribution in [1.82, 2.24) is 5.32 Å². The van der Waals surface area contributed by atoms with Gasteiger partial charge in [0, 0.05) is 19.3 Å². The van der Waals surface area contributed by atoms with Gasteiger partial charge in [0.05, 0.1) is 0 Å². The summed E-state index contributed by atoms with van der Waals surface area (Å²) in [5.74, 6) is 1.03. The molecule has 0 radical (unpaired) electrons. The van der Waals surface area contributed by atoms with Gasteiger partial charge >= 0.3 is 0 Å². The summed E-state index contributed by atoms with van der Waals surface area (Å²) in [6, 6.07) is 0.743. The number of hydrogen-bond donors (Lipinski definition) is 1. The smallest absolute Gasteiger partial charge is 0.0466 e. The van der Waals surface area contributed by atoms with E-state index >= 15 is 0 Å². The topological polar surface area (TPSA) is 21.3 Å². The molecule has 2 heteroatoms. The Balaban J connectivity index is 2.01. The second-order valence-corrected chi connectivity index (χ2v) is 4.27. The SMILES string of the molecule is CCNC(CCCOCC)CC1CC1. The highest BCUT2D eigenvalue weighted by Crippen LogP contribution is 2.34. The lowest BCUT2D eigenvalue weighted by atomic mass is 10.1. The van der Waals surface area contributed by atoms with E-state index < -0.39 is 0 Å². The standard InChI is InChI=1S/C12H25NO/c1-3-13-12(10-11-7-8-11)6-5-9-14-4-2/h11-13H,3-10H2,1-2H3. The second-order valence-electron chi connectivity index (χ2n) is 4.27. The molecule has 0 saturated heterocycles. The van der Waals surface area contributed by atoms with Gasteiger partial charge in [-0.3, -0.25) is 0 Å². The molecular weight excluding hydrogens is 174 g/mol. The summed E-state index contributed by atoms with van der Waals surface area (Å²) < 4.78 is 5.35. The van der Waals surface area contributed by atoms with Gasteiger partial charge < -0.3 is 10.1 Å². The van der Waals surface area contributed by atoms with E-state index in [0.717, 1.165) is 31.7 Å². The lowest BCUT2D eigenvalue weighted by molar-refractivity contribution is 0.140. The summed E-state index contributed by atoms with van der Waals surface area (Å²) in [6.45, 7) is 7.15. The third kappa shape index (κ3) is 5.61. The van der Waals surface area contributed by atoms with Gasteiger partial charge in [-0.25, -0.2) is 0 Å². The fraction of sp³-hybridized carbons (Fsp3) is 1.00. The Bertz CT molecular complexity index is 134. The molecule has 1 N–H and O–H groups in total. The zero-order valence-corrected chi connectivity index (χ0v) is 9.72. The molecule has 0 bridgehead atoms. The summed E-state index contributed by atoms with van der Waals surface area (Å²) >= 11 is 0. The molecule has 0 aromatic carbocycles. The summed E-state index contributed by atoms with van der Waals surface area (Å²) in [4.78, 5) is 0. The molecule has 1 atom stereocenters. The number of ether oxygens (including phenoxy) is 1. The van der Waals surface area contributed by atoms with Crippen LogP contribution in [0.1, 0.15) is 46.0 Å². The molecule has 0 amide bonds. The third-order valence-corrected chi connectivity index (χ3v) is 2.85. The first-order chi connectivity index (χ1) is 6.86. The van der Waals surface area contributed by atoms with Crippen molar-refractivity contribution in [2.75, 3.05) is 19.8 Å². The normalized spacial score (nSPS) is 18.4. The van der Waals surface area contributed by atoms with Crippen LogP contribution in [-0.2, 0) is 4.74 Å². The van der Waals surface area contributed by atoms with Crippen LogP contribution in [0.4, 0.5) is 0 Å². The maximum Gasteiger partial charge on any atom is 0.0466 e. The lowest BCUT2D eigenvalue weighted by Crippen LogP contribution is -2.29. The van der Waals surface area contributed by atoms with E-state index in [9.17, 15) is 0 Å². The average molecular weight is 199 g/mol. The largest absolute Gasteiger partial charge is 0.382 e. The Morgan fingerprint density at radius 3 is 2.71 bits per heavy atom. The molecule has 1 fully saturated rings. The minimum atomic E-state index is 0.743. The molecule has 0 heterocycles. The predicted octanol–water partition coefficient (Wildman–Crippen LogP) is 2.58. The van der Waals surface area contributed by atoms with Crippen molar-refractivity contribution < 1.29 is 4.74 Å². The van der Waals surface area contributed by atoms with Gasteiger partial charge in [-0.15, -0.1) is 0 Å². The average Bonchev–Trinajstić information content (AvgIpc) is 2.96. The first-order valence-electron chi connectivity index (χ1n) is 6.18. The third-order valence-electron chi connectivity index (χ3n) is 2.85. The van der Waals surface area contributed by atoms with Crippen LogP contribution < -0.4 is 5.32 Å². The van der Waals surface area contributed by atoms with E-state index in [1.54, 1.807) is 0 Å². The van der Waals surface area contributed by atoms with Crippen molar-refractivity contribution in [2.45, 2.75) is 52.0 Å². The van der Waals surface area contributed by atoms with E-state index in [1.165, 1.54) is 32.1 Å². The van der Waals surface area contributed by atoms with Crippen LogP contribution in [0.3, 0.4) is 0 Å². The van der Waals surface area contributed by atoms with Crippen LogP contribution in [0, 0.1) is 5.92 Å². The van der Waals surface area contributed by atoms with Crippen molar-refractivity contribution in [3.8, 4) is 0 Å². The van der Waals surface area contributed by atoms with Crippen molar-refractivity contribution >= 4 is 0 Å². The highest BCUT2D eigenvalue weighted by Gasteiger charge is 2.24. The summed E-state index contributed by atoms with van der Waals surface area (Å²) in [7, 11) is 0. The maximum absolute atomic E-state index is 5.35. The van der Waals surface area contributed by atoms with Crippen molar-refractivity contribution in [3.63, 3.8) is 0 Å². The van der Waals surface area contributed by atoms with Gasteiger partial charge in [-0.1, -0.05) is 19.8 Å². The lowest BCUT2D eigenvalue weighted by Gasteiger charge is -2.17. The molecule has 0 aliphatic heterocycles. The molecule has 1 rings (SSSR count). The van der Waals surface area contributed by atoms with E-state index in [-0.39, 0.29) is 0 Å². The number of nitrogens with one attached hydrogen (secondary N) is 1. The van der Waals surface area contributed by atoms with Crippen molar-refractivity contribution in [2.24, 2.45) is 5.92 Å². The molecule has 1 aliphatic rings. The predicted molar refractivity (Wildman–Crippen MR) is 60.5 cm³/mol. The zero-order valence-electron chi connectivity index (χ0n) is 9.72. The Morgan fingerprint density at radius 2 is 2.14 bits per heavy atom. The first-order valence-corrected chi connectivity index (χ1v) is 6.18. The molecule has 0 spiro atoms. The minimum absolute atomic E-state index is 0.743. The molecule has 0 aromatic heterocycles. The zero-order chi connectivity index (χ0) is 10.2. The second kappa shape index (κ2) is 7.24. The fourth-order valence-corrected chi connectivity index (χ4v) is 1.92. The first kappa shape index (κ1) is 12.0. The maximum atomic E-state index is 5.35. The Labute approximate surface area is 88.4 Å². The highest BCUT2D eigenvalue weighted by atomic mass is 16.5. The van der Waals surface area contributed by atoms with Crippen LogP contribution in [-0.4, -0.2) is 25.8 Å². The molecule has 1 unspecified atom stereocenters. The molecular formula is C12H25NO. The van der Waals surface area contributed by atoms with Gasteiger partial charge in [0.1, 0.15) is 0 Å². The van der Waals surface area contributed by atoms with Crippen LogP contribution >= 0.6 is 0 Å². The summed E-state index contributed by atoms with van der Waals surface area (Å²) in [5.41, 5.74) is 0. The van der Waals surface area contributed by atoms with Gasteiger partial charge in [-0.05, 0) is 38.6 Å². The van der Waals surface area contributed by atoms with Gasteiger partial charge in [0.25, 0.3) is 0 Å². The van der Waals surface area contributed by atoms with E-state index in [0.29, 0.717) is 0 Å². The molecule has 1 aliphatic carbocycles. The molecule has 84 valence electrons. The Kier molecular flexibility index (Phi) is 6.20. The van der Waals surface area contributed by atoms with Crippen molar-refractivity contribution in [1.29, 1.82) is 0 Å². The molecule has 14 heavy (non-hydrogen) atoms. The highest BCUT2D eigenvalue weighted by molar-refractivity contribution is 4.79. The number of hydrogen-bond acceptors (Lipinski definition) is 2. The Morgan fingerprint density at radius 1 is 1.36 bits per heavy atom. The van der Waals surface area contributed by atoms with Gasteiger partial charge in [-0.2, -0.15) is 0 Å². The molecule has 1 saturated carbocycles. The summed E-state index contributed by atoms with van der Waals surface area (Å²) in [6.07, 6.45) is 6.81. The van der Waals surface area contributed by atoms with E-state index in [1.807, 2.05) is 0 Å². The summed E-state index contributed by atoms with van der Waals surface area (Å²) in [5, 5.41) is 3.58. The van der Waals surface area contributed by atoms with E-state index in [2.05, 4.69) is 19.2 Å². The van der Waals surface area contributed by atoms with Crippen LogP contribution in [0.5, 0.6) is 0 Å². The van der Waals surface area contributed by atoms with Gasteiger partial charge in [0.15, 0.2) is 0 Å². The number of rotatable bonds is 9. The van der Waals surface area contributed by atoms with Crippen LogP contribution in [0.25, 0.3) is 0 Å². The quantitative estimate of drug-likeness (QED) is 0.576. The molecule has 2 nitrogen and oxygen atoms in total. The molecule has 0 aromatic rings. The van der Waals surface area contributed by atoms with Crippen LogP contribution in [0.15, 0.2) is 0 Å². The van der Waals surface area contributed by atoms with Crippen LogP contribution in [0.2, 0.25) is 0 Å². The minimum Gasteiger partial charge on any atom is -0.382 e. The Hall–Kier alpha value is -0.0800. The van der Waals surface area contributed by atoms with Gasteiger partial charge in [0.2, 0.25) is 0 Å². The fourth-order valence-electron chi connectivity index (χ4n) is 1.92. The van der Waals surface area contributed by atoms with Crippen molar-refractivity contribution in [3.05, 3.63) is 0 Å². The van der Waals surface area contributed by atoms with E-state index in [4.69, 9.17) is 4.74 Å².